The predicted molar refractivity (Wildman–Crippen MR) is 28.4 cm³/mol. The number of hydrogen-bond donors (Lipinski definition) is 2. The van der Waals surface area contributed by atoms with Crippen LogP contribution in [-0.4, -0.2) is 17.2 Å². The van der Waals surface area contributed by atoms with E-state index in [1.807, 2.05) is 0 Å². The Hall–Kier alpha value is -0.455. The Morgan fingerprint density at radius 3 is 2.29 bits per heavy atom. The van der Waals surface area contributed by atoms with E-state index in [4.69, 9.17) is 16.5 Å². The third kappa shape index (κ3) is 5.54. The molecule has 38 valence electrons. The molecule has 0 aromatic heterocycles. The van der Waals surface area contributed by atoms with Crippen LogP contribution < -0.4 is 0 Å². The fourth-order valence-corrected chi connectivity index (χ4v) is 0.212. The Balaban J connectivity index is 2.86. The normalized spacial score (nSPS) is 7.57. The van der Waals surface area contributed by atoms with Crippen molar-refractivity contribution in [1.82, 2.24) is 0 Å². The molecular weight excluding hydrogens is 90.9 g/mol. The van der Waals surface area contributed by atoms with Crippen LogP contribution in [0.2, 0.25) is 6.32 Å². The van der Waals surface area contributed by atoms with Gasteiger partial charge < -0.3 is 10.0 Å². The van der Waals surface area contributed by atoms with E-state index in [0.29, 0.717) is 6.42 Å². The summed E-state index contributed by atoms with van der Waals surface area (Å²) in [5.41, 5.74) is 0. The Morgan fingerprint density at radius 2 is 2.14 bits per heavy atom. The molecule has 0 aromatic rings. The standard InChI is InChI=1S/C4H7BO2/c1-2-3-4-5(6)7/h1,6-7H,3-4H2. The van der Waals surface area contributed by atoms with Crippen molar-refractivity contribution in [3.05, 3.63) is 0 Å². The van der Waals surface area contributed by atoms with Crippen molar-refractivity contribution < 1.29 is 10.0 Å². The average molecular weight is 97.9 g/mol. The van der Waals surface area contributed by atoms with Crippen LogP contribution in [0.15, 0.2) is 0 Å². The average Bonchev–Trinajstić information content (AvgIpc) is 1.61. The van der Waals surface area contributed by atoms with Crippen molar-refractivity contribution in [2.45, 2.75) is 12.7 Å². The van der Waals surface area contributed by atoms with Gasteiger partial charge in [0, 0.05) is 6.42 Å². The van der Waals surface area contributed by atoms with Crippen molar-refractivity contribution in [2.75, 3.05) is 0 Å². The number of hydrogen-bond acceptors (Lipinski definition) is 2. The van der Waals surface area contributed by atoms with Crippen LogP contribution in [0.5, 0.6) is 0 Å². The molecule has 2 N–H and O–H groups in total. The minimum absolute atomic E-state index is 0.274. The highest BCUT2D eigenvalue weighted by molar-refractivity contribution is 6.40. The van der Waals surface area contributed by atoms with Crippen LogP contribution >= 0.6 is 0 Å². The van der Waals surface area contributed by atoms with E-state index in [2.05, 4.69) is 5.92 Å². The minimum Gasteiger partial charge on any atom is -0.427 e. The first-order chi connectivity index (χ1) is 3.27. The molecule has 0 aliphatic carbocycles. The van der Waals surface area contributed by atoms with E-state index in [-0.39, 0.29) is 6.32 Å². The quantitative estimate of drug-likeness (QED) is 0.360. The highest BCUT2D eigenvalue weighted by Gasteiger charge is 2.01. The molecule has 0 unspecified atom stereocenters. The molecule has 0 aliphatic rings. The zero-order chi connectivity index (χ0) is 5.70. The van der Waals surface area contributed by atoms with E-state index >= 15 is 0 Å². The summed E-state index contributed by atoms with van der Waals surface area (Å²) < 4.78 is 0. The van der Waals surface area contributed by atoms with Crippen LogP contribution in [0, 0.1) is 12.3 Å². The van der Waals surface area contributed by atoms with Gasteiger partial charge in [-0.15, -0.1) is 12.3 Å². The Kier molecular flexibility index (Phi) is 3.48. The largest absolute Gasteiger partial charge is 0.452 e. The van der Waals surface area contributed by atoms with E-state index < -0.39 is 7.12 Å². The third-order valence-corrected chi connectivity index (χ3v) is 0.547. The van der Waals surface area contributed by atoms with Gasteiger partial charge in [-0.3, -0.25) is 0 Å². The lowest BCUT2D eigenvalue weighted by Crippen LogP contribution is -2.08. The van der Waals surface area contributed by atoms with Gasteiger partial charge in [-0.25, -0.2) is 0 Å². The SMILES string of the molecule is C#CCCB(O)O. The number of rotatable bonds is 2. The van der Waals surface area contributed by atoms with Gasteiger partial charge in [0.2, 0.25) is 0 Å². The molecule has 0 aromatic carbocycles. The van der Waals surface area contributed by atoms with Crippen LogP contribution in [0.25, 0.3) is 0 Å². The fraction of sp³-hybridized carbons (Fsp3) is 0.500. The van der Waals surface area contributed by atoms with Crippen molar-refractivity contribution in [2.24, 2.45) is 0 Å². The monoisotopic (exact) mass is 98.1 g/mol. The summed E-state index contributed by atoms with van der Waals surface area (Å²) in [5, 5.41) is 16.3. The smallest absolute Gasteiger partial charge is 0.427 e. The van der Waals surface area contributed by atoms with Crippen LogP contribution in [0.3, 0.4) is 0 Å². The highest BCUT2D eigenvalue weighted by atomic mass is 16.4. The Labute approximate surface area is 43.3 Å². The van der Waals surface area contributed by atoms with Gasteiger partial charge in [0.05, 0.1) is 0 Å². The summed E-state index contributed by atoms with van der Waals surface area (Å²) in [5.74, 6) is 2.28. The molecule has 0 radical (unpaired) electrons. The summed E-state index contributed by atoms with van der Waals surface area (Å²) in [7, 11) is -1.24. The lowest BCUT2D eigenvalue weighted by molar-refractivity contribution is 0.406. The molecule has 0 spiro atoms. The van der Waals surface area contributed by atoms with E-state index in [9.17, 15) is 0 Å². The van der Waals surface area contributed by atoms with E-state index in [0.717, 1.165) is 0 Å². The maximum Gasteiger partial charge on any atom is 0.452 e. The fourth-order valence-electron chi connectivity index (χ4n) is 0.212. The zero-order valence-corrected chi connectivity index (χ0v) is 3.96. The summed E-state index contributed by atoms with van der Waals surface area (Å²) in [6.07, 6.45) is 5.51. The van der Waals surface area contributed by atoms with Crippen molar-refractivity contribution in [3.63, 3.8) is 0 Å². The molecule has 0 atom stereocenters. The Morgan fingerprint density at radius 1 is 1.57 bits per heavy atom. The second kappa shape index (κ2) is 3.73. The van der Waals surface area contributed by atoms with Crippen molar-refractivity contribution >= 4 is 7.12 Å². The van der Waals surface area contributed by atoms with Gasteiger partial charge in [0.25, 0.3) is 0 Å². The van der Waals surface area contributed by atoms with Gasteiger partial charge >= 0.3 is 7.12 Å². The Bertz CT molecular complexity index is 74.2. The first kappa shape index (κ1) is 6.54. The first-order valence-corrected chi connectivity index (χ1v) is 2.07. The van der Waals surface area contributed by atoms with Crippen molar-refractivity contribution in [3.8, 4) is 12.3 Å². The lowest BCUT2D eigenvalue weighted by Gasteiger charge is -1.87. The van der Waals surface area contributed by atoms with Gasteiger partial charge in [0.1, 0.15) is 0 Å². The molecule has 0 heterocycles. The van der Waals surface area contributed by atoms with E-state index in [1.165, 1.54) is 0 Å². The maximum absolute atomic E-state index is 8.14. The maximum atomic E-state index is 8.14. The third-order valence-electron chi connectivity index (χ3n) is 0.547. The molecule has 0 bridgehead atoms. The van der Waals surface area contributed by atoms with Crippen LogP contribution in [0.1, 0.15) is 6.42 Å². The summed E-state index contributed by atoms with van der Waals surface area (Å²) in [4.78, 5) is 0. The summed E-state index contributed by atoms with van der Waals surface area (Å²) in [6, 6.07) is 0. The molecule has 0 fully saturated rings. The van der Waals surface area contributed by atoms with Crippen LogP contribution in [0.4, 0.5) is 0 Å². The molecule has 2 nitrogen and oxygen atoms in total. The highest BCUT2D eigenvalue weighted by Crippen LogP contribution is 1.87. The second-order valence-electron chi connectivity index (χ2n) is 1.22. The molecule has 0 saturated carbocycles. The van der Waals surface area contributed by atoms with E-state index in [1.54, 1.807) is 0 Å². The summed E-state index contributed by atoms with van der Waals surface area (Å²) >= 11 is 0. The van der Waals surface area contributed by atoms with Gasteiger partial charge in [0.15, 0.2) is 0 Å². The summed E-state index contributed by atoms with van der Waals surface area (Å²) in [6.45, 7) is 0. The molecule has 3 heteroatoms. The molecule has 7 heavy (non-hydrogen) atoms. The van der Waals surface area contributed by atoms with Gasteiger partial charge in [-0.05, 0) is 6.32 Å². The molecule has 0 amide bonds. The zero-order valence-electron chi connectivity index (χ0n) is 3.96. The number of terminal acetylenes is 1. The van der Waals surface area contributed by atoms with Gasteiger partial charge in [-0.1, -0.05) is 0 Å². The molecule has 0 aliphatic heterocycles. The molecule has 0 saturated heterocycles. The van der Waals surface area contributed by atoms with Gasteiger partial charge in [-0.2, -0.15) is 0 Å². The lowest BCUT2D eigenvalue weighted by atomic mass is 9.85. The van der Waals surface area contributed by atoms with Crippen LogP contribution in [-0.2, 0) is 0 Å². The molecular formula is C4H7BO2. The topological polar surface area (TPSA) is 40.5 Å². The van der Waals surface area contributed by atoms with Crippen molar-refractivity contribution in [1.29, 1.82) is 0 Å². The minimum atomic E-state index is -1.24. The second-order valence-corrected chi connectivity index (χ2v) is 1.22. The first-order valence-electron chi connectivity index (χ1n) is 2.07. The predicted octanol–water partition coefficient (Wildman–Crippen LogP) is -0.518. The molecule has 0 rings (SSSR count).